The maximum atomic E-state index is 12.8. The number of nitrogens with one attached hydrogen (secondary N) is 1. The number of aryl methyl sites for hydroxylation is 2. The third kappa shape index (κ3) is 2.63. The lowest BCUT2D eigenvalue weighted by molar-refractivity contribution is 0.0706. The van der Waals surface area contributed by atoms with Gasteiger partial charge in [0.2, 0.25) is 0 Å². The van der Waals surface area contributed by atoms with Gasteiger partial charge in [-0.1, -0.05) is 0 Å². The monoisotopic (exact) mass is 340 g/mol. The van der Waals surface area contributed by atoms with Crippen LogP contribution in [-0.2, 0) is 13.1 Å². The summed E-state index contributed by atoms with van der Waals surface area (Å²) in [4.78, 5) is 28.2. The molecule has 25 heavy (non-hydrogen) atoms. The molecule has 8 nitrogen and oxygen atoms in total. The fourth-order valence-electron chi connectivity index (χ4n) is 3.45. The zero-order chi connectivity index (χ0) is 17.6. The quantitative estimate of drug-likeness (QED) is 0.887. The predicted molar refractivity (Wildman–Crippen MR) is 91.4 cm³/mol. The van der Waals surface area contributed by atoms with Crippen molar-refractivity contribution in [1.82, 2.24) is 25.0 Å². The van der Waals surface area contributed by atoms with Crippen molar-refractivity contribution in [2.75, 3.05) is 24.5 Å². The molecule has 8 heteroatoms. The highest BCUT2D eigenvalue weighted by molar-refractivity contribution is 5.98. The van der Waals surface area contributed by atoms with E-state index in [1.807, 2.05) is 30.5 Å². The first-order chi connectivity index (χ1) is 12.0. The van der Waals surface area contributed by atoms with E-state index < -0.39 is 0 Å². The van der Waals surface area contributed by atoms with E-state index in [1.165, 1.54) is 0 Å². The Balaban J connectivity index is 1.55. The van der Waals surface area contributed by atoms with E-state index in [4.69, 9.17) is 0 Å². The van der Waals surface area contributed by atoms with Crippen LogP contribution in [0.3, 0.4) is 0 Å². The molecule has 0 unspecified atom stereocenters. The molecule has 0 atom stereocenters. The number of anilines is 1. The number of urea groups is 1. The first-order valence-electron chi connectivity index (χ1n) is 8.38. The number of fused-ring (bicyclic) bond motifs is 1. The number of aromatic nitrogens is 3. The molecule has 0 aliphatic carbocycles. The minimum Gasteiger partial charge on any atom is -0.336 e. The van der Waals surface area contributed by atoms with Crippen molar-refractivity contribution >= 4 is 17.6 Å². The number of benzene rings is 1. The average molecular weight is 340 g/mol. The molecule has 0 saturated carbocycles. The van der Waals surface area contributed by atoms with Gasteiger partial charge in [-0.05, 0) is 37.6 Å². The van der Waals surface area contributed by atoms with Crippen molar-refractivity contribution in [2.45, 2.75) is 26.9 Å². The van der Waals surface area contributed by atoms with Crippen LogP contribution in [0, 0.1) is 13.8 Å². The number of carbonyl (C=O) groups is 2. The maximum absolute atomic E-state index is 12.8. The Bertz CT molecular complexity index is 859. The second-order valence-corrected chi connectivity index (χ2v) is 6.43. The van der Waals surface area contributed by atoms with Crippen molar-refractivity contribution in [3.63, 3.8) is 0 Å². The number of nitrogens with zero attached hydrogens (tertiary/aromatic N) is 5. The van der Waals surface area contributed by atoms with Crippen molar-refractivity contribution < 1.29 is 9.59 Å². The van der Waals surface area contributed by atoms with Crippen molar-refractivity contribution in [1.29, 1.82) is 0 Å². The van der Waals surface area contributed by atoms with Gasteiger partial charge in [0, 0.05) is 37.4 Å². The third-order valence-corrected chi connectivity index (χ3v) is 4.82. The lowest BCUT2D eigenvalue weighted by Crippen LogP contribution is -2.38. The van der Waals surface area contributed by atoms with Crippen LogP contribution in [0.1, 0.15) is 27.6 Å². The van der Waals surface area contributed by atoms with E-state index in [1.54, 1.807) is 15.9 Å². The average Bonchev–Trinajstić information content (AvgIpc) is 3.20. The SMILES string of the molecule is Cc1cc(C(=O)N2CCn3c(C)nnc3C2)ccc1N1CCNC1=O. The molecule has 3 heterocycles. The Morgan fingerprint density at radius 3 is 2.72 bits per heavy atom. The minimum absolute atomic E-state index is 0.0209. The van der Waals surface area contributed by atoms with Gasteiger partial charge in [0.15, 0.2) is 5.82 Å². The highest BCUT2D eigenvalue weighted by Crippen LogP contribution is 2.24. The van der Waals surface area contributed by atoms with Crippen LogP contribution in [0.2, 0.25) is 0 Å². The summed E-state index contributed by atoms with van der Waals surface area (Å²) in [6.07, 6.45) is 0. The normalized spacial score (nSPS) is 16.8. The van der Waals surface area contributed by atoms with Crippen molar-refractivity contribution in [2.24, 2.45) is 0 Å². The minimum atomic E-state index is -0.0899. The summed E-state index contributed by atoms with van der Waals surface area (Å²) in [6, 6.07) is 5.41. The van der Waals surface area contributed by atoms with Gasteiger partial charge in [-0.25, -0.2) is 4.79 Å². The van der Waals surface area contributed by atoms with Crippen molar-refractivity contribution in [3.8, 4) is 0 Å². The lowest BCUT2D eigenvalue weighted by atomic mass is 10.1. The van der Waals surface area contributed by atoms with Crippen LogP contribution >= 0.6 is 0 Å². The largest absolute Gasteiger partial charge is 0.336 e. The highest BCUT2D eigenvalue weighted by atomic mass is 16.2. The van der Waals surface area contributed by atoms with Crippen molar-refractivity contribution in [3.05, 3.63) is 41.0 Å². The summed E-state index contributed by atoms with van der Waals surface area (Å²) in [6.45, 7) is 6.96. The topological polar surface area (TPSA) is 83.4 Å². The van der Waals surface area contributed by atoms with Gasteiger partial charge in [-0.2, -0.15) is 0 Å². The molecule has 2 aliphatic heterocycles. The van der Waals surface area contributed by atoms with Crippen LogP contribution in [0.4, 0.5) is 10.5 Å². The summed E-state index contributed by atoms with van der Waals surface area (Å²) in [7, 11) is 0. The molecule has 3 amide bonds. The second-order valence-electron chi connectivity index (χ2n) is 6.43. The van der Waals surface area contributed by atoms with Gasteiger partial charge in [0.05, 0.1) is 6.54 Å². The van der Waals surface area contributed by atoms with Gasteiger partial charge in [-0.15, -0.1) is 10.2 Å². The number of hydrogen-bond acceptors (Lipinski definition) is 4. The third-order valence-electron chi connectivity index (χ3n) is 4.82. The first kappa shape index (κ1) is 15.6. The van der Waals surface area contributed by atoms with E-state index in [2.05, 4.69) is 15.5 Å². The second kappa shape index (κ2) is 5.87. The Morgan fingerprint density at radius 1 is 1.16 bits per heavy atom. The zero-order valence-electron chi connectivity index (χ0n) is 14.3. The Labute approximate surface area is 145 Å². The van der Waals surface area contributed by atoms with Gasteiger partial charge >= 0.3 is 6.03 Å². The molecule has 2 aliphatic rings. The predicted octanol–water partition coefficient (Wildman–Crippen LogP) is 1.08. The van der Waals surface area contributed by atoms with Crippen LogP contribution < -0.4 is 10.2 Å². The molecule has 1 aromatic carbocycles. The molecular formula is C17H20N6O2. The molecule has 0 spiro atoms. The smallest absolute Gasteiger partial charge is 0.322 e. The van der Waals surface area contributed by atoms with E-state index in [0.29, 0.717) is 38.3 Å². The molecule has 1 saturated heterocycles. The Hall–Kier alpha value is -2.90. The van der Waals surface area contributed by atoms with Gasteiger partial charge in [0.25, 0.3) is 5.91 Å². The zero-order valence-corrected chi connectivity index (χ0v) is 14.3. The fourth-order valence-corrected chi connectivity index (χ4v) is 3.45. The number of carbonyl (C=O) groups excluding carboxylic acids is 2. The molecule has 0 radical (unpaired) electrons. The summed E-state index contributed by atoms with van der Waals surface area (Å²) in [5.74, 6) is 1.68. The van der Waals surface area contributed by atoms with E-state index in [-0.39, 0.29) is 11.9 Å². The molecule has 1 aromatic heterocycles. The Morgan fingerprint density at radius 2 is 2.00 bits per heavy atom. The van der Waals surface area contributed by atoms with Gasteiger partial charge < -0.3 is 14.8 Å². The maximum Gasteiger partial charge on any atom is 0.322 e. The van der Waals surface area contributed by atoms with E-state index in [0.717, 1.165) is 22.9 Å². The molecule has 4 rings (SSSR count). The first-order valence-corrected chi connectivity index (χ1v) is 8.38. The van der Waals surface area contributed by atoms with Crippen LogP contribution in [0.25, 0.3) is 0 Å². The number of rotatable bonds is 2. The standard InChI is InChI=1S/C17H20N6O2/c1-11-9-13(3-4-14(11)23-6-5-18-17(23)25)16(24)21-7-8-22-12(2)19-20-15(22)10-21/h3-4,9H,5-8,10H2,1-2H3,(H,18,25). The fraction of sp³-hybridized carbons (Fsp3) is 0.412. The van der Waals surface area contributed by atoms with E-state index >= 15 is 0 Å². The van der Waals surface area contributed by atoms with E-state index in [9.17, 15) is 9.59 Å². The number of hydrogen-bond donors (Lipinski definition) is 1. The molecule has 2 aromatic rings. The summed E-state index contributed by atoms with van der Waals surface area (Å²) < 4.78 is 2.05. The highest BCUT2D eigenvalue weighted by Gasteiger charge is 2.26. The van der Waals surface area contributed by atoms with Gasteiger partial charge in [-0.3, -0.25) is 9.69 Å². The summed E-state index contributed by atoms with van der Waals surface area (Å²) >= 11 is 0. The van der Waals surface area contributed by atoms with Crippen LogP contribution in [0.15, 0.2) is 18.2 Å². The summed E-state index contributed by atoms with van der Waals surface area (Å²) in [5.41, 5.74) is 2.39. The molecule has 1 fully saturated rings. The van der Waals surface area contributed by atoms with Gasteiger partial charge in [0.1, 0.15) is 5.82 Å². The molecule has 1 N–H and O–H groups in total. The number of amides is 3. The molecular weight excluding hydrogens is 320 g/mol. The van der Waals surface area contributed by atoms with Crippen LogP contribution in [0.5, 0.6) is 0 Å². The Kier molecular flexibility index (Phi) is 3.67. The lowest BCUT2D eigenvalue weighted by Gasteiger charge is -2.28. The molecule has 0 bridgehead atoms. The van der Waals surface area contributed by atoms with Crippen LogP contribution in [-0.4, -0.2) is 51.2 Å². The summed E-state index contributed by atoms with van der Waals surface area (Å²) in [5, 5.41) is 11.0. The molecule has 130 valence electrons.